The van der Waals surface area contributed by atoms with Crippen LogP contribution in [0, 0.1) is 6.92 Å². The lowest BCUT2D eigenvalue weighted by Gasteiger charge is -2.33. The number of hydrogen-bond acceptors (Lipinski definition) is 6. The molecule has 1 fully saturated rings. The van der Waals surface area contributed by atoms with Crippen LogP contribution in [0.15, 0.2) is 29.0 Å². The first-order valence-electron chi connectivity index (χ1n) is 7.95. The van der Waals surface area contributed by atoms with E-state index >= 15 is 0 Å². The minimum Gasteiger partial charge on any atom is -0.378 e. The summed E-state index contributed by atoms with van der Waals surface area (Å²) >= 11 is 1.65. The fraction of sp³-hybridized carbons (Fsp3) is 0.438. The lowest BCUT2D eigenvalue weighted by Crippen LogP contribution is -2.44. The topological polar surface area (TPSA) is 72.3 Å². The maximum atomic E-state index is 13.2. The molecule has 1 N–H and O–H groups in total. The highest BCUT2D eigenvalue weighted by atomic mass is 32.1. The van der Waals surface area contributed by atoms with E-state index in [1.807, 2.05) is 11.8 Å². The Balaban J connectivity index is 1.80. The normalized spacial score (nSPS) is 20.8. The first kappa shape index (κ1) is 15.3. The second kappa shape index (κ2) is 6.03. The maximum Gasteiger partial charge on any atom is 0.254 e. The molecule has 0 aromatic carbocycles. The molecule has 4 heterocycles. The van der Waals surface area contributed by atoms with Crippen LogP contribution in [0.3, 0.4) is 0 Å². The first-order valence-corrected chi connectivity index (χ1v) is 8.83. The van der Waals surface area contributed by atoms with Gasteiger partial charge in [0.05, 0.1) is 18.8 Å². The summed E-state index contributed by atoms with van der Waals surface area (Å²) in [6.07, 6.45) is 1.52. The van der Waals surface area contributed by atoms with Crippen LogP contribution in [0.25, 0.3) is 0 Å². The van der Waals surface area contributed by atoms with Crippen molar-refractivity contribution in [1.82, 2.24) is 19.7 Å². The Bertz CT molecular complexity index is 803. The number of aromatic nitrogens is 3. The van der Waals surface area contributed by atoms with Gasteiger partial charge in [-0.2, -0.15) is 10.1 Å². The summed E-state index contributed by atoms with van der Waals surface area (Å²) in [5, 5.41) is 9.63. The highest BCUT2D eigenvalue weighted by molar-refractivity contribution is 7.10. The number of morpholine rings is 1. The number of amides is 1. The van der Waals surface area contributed by atoms with Crippen molar-refractivity contribution < 1.29 is 9.53 Å². The van der Waals surface area contributed by atoms with Crippen molar-refractivity contribution >= 4 is 23.2 Å². The van der Waals surface area contributed by atoms with E-state index in [1.165, 1.54) is 6.33 Å². The van der Waals surface area contributed by atoms with Crippen molar-refractivity contribution in [2.75, 3.05) is 31.6 Å². The molecule has 4 rings (SSSR count). The third-order valence-corrected chi connectivity index (χ3v) is 5.54. The van der Waals surface area contributed by atoms with Gasteiger partial charge >= 0.3 is 0 Å². The highest BCUT2D eigenvalue weighted by Crippen LogP contribution is 2.39. The summed E-state index contributed by atoms with van der Waals surface area (Å²) in [6, 6.07) is 1.84. The summed E-state index contributed by atoms with van der Waals surface area (Å²) < 4.78 is 7.18. The van der Waals surface area contributed by atoms with E-state index in [4.69, 9.17) is 4.74 Å². The predicted octanol–water partition coefficient (Wildman–Crippen LogP) is 1.80. The lowest BCUT2D eigenvalue weighted by molar-refractivity contribution is -0.131. The van der Waals surface area contributed by atoms with E-state index in [0.717, 1.165) is 21.7 Å². The zero-order valence-corrected chi connectivity index (χ0v) is 14.5. The number of carbonyl (C=O) groups is 1. The predicted molar refractivity (Wildman–Crippen MR) is 90.9 cm³/mol. The number of nitrogens with one attached hydrogen (secondary N) is 1. The molecule has 0 aliphatic carbocycles. The number of rotatable bonds is 2. The molecule has 126 valence electrons. The van der Waals surface area contributed by atoms with Crippen molar-refractivity contribution in [1.29, 1.82) is 0 Å². The Morgan fingerprint density at radius 3 is 2.88 bits per heavy atom. The summed E-state index contributed by atoms with van der Waals surface area (Å²) in [5.41, 5.74) is 2.73. The average molecular weight is 345 g/mol. The molecule has 0 radical (unpaired) electrons. The maximum absolute atomic E-state index is 13.2. The van der Waals surface area contributed by atoms with Gasteiger partial charge in [-0.3, -0.25) is 4.79 Å². The average Bonchev–Trinajstić information content (AvgIpc) is 3.22. The Morgan fingerprint density at radius 2 is 2.17 bits per heavy atom. The van der Waals surface area contributed by atoms with Gasteiger partial charge in [0.15, 0.2) is 0 Å². The third-order valence-electron chi connectivity index (χ3n) is 4.47. The van der Waals surface area contributed by atoms with Crippen LogP contribution in [-0.2, 0) is 9.53 Å². The highest BCUT2D eigenvalue weighted by Gasteiger charge is 2.37. The van der Waals surface area contributed by atoms with E-state index in [0.29, 0.717) is 32.3 Å². The number of thiophene rings is 1. The van der Waals surface area contributed by atoms with Crippen LogP contribution in [0.1, 0.15) is 23.4 Å². The number of carbonyl (C=O) groups excluding carboxylic acids is 1. The summed E-state index contributed by atoms with van der Waals surface area (Å²) in [4.78, 5) is 20.5. The molecule has 2 aromatic heterocycles. The van der Waals surface area contributed by atoms with Gasteiger partial charge in [-0.25, -0.2) is 4.68 Å². The van der Waals surface area contributed by atoms with Crippen LogP contribution in [0.5, 0.6) is 0 Å². The SMILES string of the molecule is CC1=C(C(=O)N2CCOCC2)[C@@H](c2sccc2C)n2ncnc2N1. The number of allylic oxidation sites excluding steroid dienone is 1. The number of ether oxygens (including phenoxy) is 1. The van der Waals surface area contributed by atoms with E-state index in [1.54, 1.807) is 16.0 Å². The van der Waals surface area contributed by atoms with Gasteiger partial charge in [0, 0.05) is 23.7 Å². The van der Waals surface area contributed by atoms with Crippen LogP contribution >= 0.6 is 11.3 Å². The monoisotopic (exact) mass is 345 g/mol. The Labute approximate surface area is 143 Å². The largest absolute Gasteiger partial charge is 0.378 e. The third kappa shape index (κ3) is 2.42. The number of anilines is 1. The molecule has 8 heteroatoms. The smallest absolute Gasteiger partial charge is 0.254 e. The van der Waals surface area contributed by atoms with Crippen molar-refractivity contribution in [2.45, 2.75) is 19.9 Å². The van der Waals surface area contributed by atoms with Gasteiger partial charge in [-0.15, -0.1) is 11.3 Å². The summed E-state index contributed by atoms with van der Waals surface area (Å²) in [5.74, 6) is 0.714. The number of aryl methyl sites for hydroxylation is 1. The second-order valence-corrected chi connectivity index (χ2v) is 6.91. The van der Waals surface area contributed by atoms with E-state index in [2.05, 4.69) is 33.8 Å². The molecule has 1 amide bonds. The fourth-order valence-corrected chi connectivity index (χ4v) is 4.23. The molecule has 0 unspecified atom stereocenters. The van der Waals surface area contributed by atoms with Crippen molar-refractivity contribution in [3.63, 3.8) is 0 Å². The second-order valence-electron chi connectivity index (χ2n) is 5.97. The van der Waals surface area contributed by atoms with Crippen LogP contribution < -0.4 is 5.32 Å². The van der Waals surface area contributed by atoms with Crippen molar-refractivity contribution in [3.05, 3.63) is 39.5 Å². The molecule has 1 atom stereocenters. The molecule has 2 aliphatic heterocycles. The Morgan fingerprint density at radius 1 is 1.38 bits per heavy atom. The summed E-state index contributed by atoms with van der Waals surface area (Å²) in [7, 11) is 0. The molecule has 0 saturated carbocycles. The number of nitrogens with zero attached hydrogens (tertiary/aromatic N) is 4. The Hall–Kier alpha value is -2.19. The van der Waals surface area contributed by atoms with Crippen LogP contribution in [0.2, 0.25) is 0 Å². The van der Waals surface area contributed by atoms with Gasteiger partial charge in [-0.1, -0.05) is 0 Å². The van der Waals surface area contributed by atoms with Crippen molar-refractivity contribution in [2.24, 2.45) is 0 Å². The fourth-order valence-electron chi connectivity index (χ4n) is 3.21. The first-order chi connectivity index (χ1) is 11.7. The molecule has 7 nitrogen and oxygen atoms in total. The van der Waals surface area contributed by atoms with E-state index in [9.17, 15) is 4.79 Å². The minimum atomic E-state index is -0.237. The van der Waals surface area contributed by atoms with Gasteiger partial charge < -0.3 is 15.0 Å². The zero-order chi connectivity index (χ0) is 16.7. The zero-order valence-electron chi connectivity index (χ0n) is 13.7. The summed E-state index contributed by atoms with van der Waals surface area (Å²) in [6.45, 7) is 6.41. The minimum absolute atomic E-state index is 0.0438. The Kier molecular flexibility index (Phi) is 3.85. The lowest BCUT2D eigenvalue weighted by atomic mass is 9.98. The van der Waals surface area contributed by atoms with Gasteiger partial charge in [0.2, 0.25) is 5.95 Å². The van der Waals surface area contributed by atoms with Crippen LogP contribution in [-0.4, -0.2) is 51.9 Å². The van der Waals surface area contributed by atoms with E-state index < -0.39 is 0 Å². The van der Waals surface area contributed by atoms with Gasteiger partial charge in [0.25, 0.3) is 5.91 Å². The standard InChI is InChI=1S/C16H19N5O2S/c1-10-3-8-24-14(10)13-12(15(22)20-4-6-23-7-5-20)11(2)19-16-17-9-18-21(13)16/h3,8-9,13H,4-7H2,1-2H3,(H,17,18,19)/t13-/m0/s1. The molecule has 0 bridgehead atoms. The molecule has 24 heavy (non-hydrogen) atoms. The van der Waals surface area contributed by atoms with Gasteiger partial charge in [-0.05, 0) is 30.9 Å². The van der Waals surface area contributed by atoms with Gasteiger partial charge in [0.1, 0.15) is 12.4 Å². The molecule has 2 aliphatic rings. The van der Waals surface area contributed by atoms with Crippen molar-refractivity contribution in [3.8, 4) is 0 Å². The quantitative estimate of drug-likeness (QED) is 0.898. The molecule has 2 aromatic rings. The van der Waals surface area contributed by atoms with Crippen LogP contribution in [0.4, 0.5) is 5.95 Å². The number of hydrogen-bond donors (Lipinski definition) is 1. The molecular weight excluding hydrogens is 326 g/mol. The molecule has 1 saturated heterocycles. The van der Waals surface area contributed by atoms with E-state index in [-0.39, 0.29) is 11.9 Å². The molecule has 0 spiro atoms. The number of fused-ring (bicyclic) bond motifs is 1. The molecular formula is C16H19N5O2S.